The lowest BCUT2D eigenvalue weighted by Crippen LogP contribution is -2.43. The topological polar surface area (TPSA) is 122 Å². The summed E-state index contributed by atoms with van der Waals surface area (Å²) in [7, 11) is -4.05. The average Bonchev–Trinajstić information content (AvgIpc) is 2.68. The summed E-state index contributed by atoms with van der Waals surface area (Å²) in [6.45, 7) is 3.19. The highest BCUT2D eigenvalue weighted by molar-refractivity contribution is 7.89. The lowest BCUT2D eigenvalue weighted by Gasteiger charge is -2.10. The van der Waals surface area contributed by atoms with Crippen molar-refractivity contribution in [2.24, 2.45) is 0 Å². The number of carboxylic acids is 1. The van der Waals surface area contributed by atoms with Gasteiger partial charge in [-0.1, -0.05) is 0 Å². The first-order valence-electron chi connectivity index (χ1n) is 5.21. The minimum atomic E-state index is -4.05. The van der Waals surface area contributed by atoms with Gasteiger partial charge in [-0.15, -0.1) is 0 Å². The number of hydrogen-bond acceptors (Lipinski definition) is 5. The number of hydrogen-bond donors (Lipinski definition) is 3. The van der Waals surface area contributed by atoms with Crippen LogP contribution in [0.5, 0.6) is 0 Å². The van der Waals surface area contributed by atoms with Gasteiger partial charge >= 0.3 is 5.97 Å². The molecule has 1 aromatic rings. The van der Waals surface area contributed by atoms with Crippen LogP contribution in [0.15, 0.2) is 11.2 Å². The van der Waals surface area contributed by atoms with Crippen molar-refractivity contribution in [2.45, 2.75) is 31.5 Å². The molecule has 0 aliphatic carbocycles. The fraction of sp³-hybridized carbons (Fsp3) is 0.556. The Bertz CT molecular complexity index is 536. The SMILES string of the molecule is CCn1cc(S(=O)(=O)N[C@@H](CO)C(=O)O)nc1C. The number of aliphatic hydroxyl groups excluding tert-OH is 1. The van der Waals surface area contributed by atoms with Crippen LogP contribution in [0.3, 0.4) is 0 Å². The zero-order valence-corrected chi connectivity index (χ0v) is 10.8. The van der Waals surface area contributed by atoms with E-state index in [1.165, 1.54) is 6.20 Å². The molecule has 1 aromatic heterocycles. The maximum atomic E-state index is 11.8. The number of rotatable bonds is 6. The summed E-state index contributed by atoms with van der Waals surface area (Å²) >= 11 is 0. The fourth-order valence-electron chi connectivity index (χ4n) is 1.34. The van der Waals surface area contributed by atoms with Crippen molar-refractivity contribution in [3.8, 4) is 0 Å². The van der Waals surface area contributed by atoms with Crippen LogP contribution in [0.25, 0.3) is 0 Å². The molecule has 0 unspecified atom stereocenters. The number of aromatic nitrogens is 2. The summed E-state index contributed by atoms with van der Waals surface area (Å²) in [5, 5.41) is 17.2. The molecular weight excluding hydrogens is 262 g/mol. The van der Waals surface area contributed by atoms with Crippen molar-refractivity contribution in [1.29, 1.82) is 0 Å². The van der Waals surface area contributed by atoms with E-state index in [0.717, 1.165) is 0 Å². The van der Waals surface area contributed by atoms with Gasteiger partial charge in [-0.2, -0.15) is 4.72 Å². The predicted octanol–water partition coefficient (Wildman–Crippen LogP) is -1.06. The minimum Gasteiger partial charge on any atom is -0.480 e. The van der Waals surface area contributed by atoms with E-state index in [-0.39, 0.29) is 5.03 Å². The van der Waals surface area contributed by atoms with Crippen molar-refractivity contribution in [3.05, 3.63) is 12.0 Å². The molecule has 1 rings (SSSR count). The first-order chi connectivity index (χ1) is 8.31. The van der Waals surface area contributed by atoms with Crippen molar-refractivity contribution in [1.82, 2.24) is 14.3 Å². The lowest BCUT2D eigenvalue weighted by molar-refractivity contribution is -0.139. The van der Waals surface area contributed by atoms with Crippen molar-refractivity contribution in [3.63, 3.8) is 0 Å². The Hall–Kier alpha value is -1.45. The summed E-state index contributed by atoms with van der Waals surface area (Å²) in [6.07, 6.45) is 1.31. The van der Waals surface area contributed by atoms with Gasteiger partial charge < -0.3 is 14.8 Å². The van der Waals surface area contributed by atoms with Gasteiger partial charge in [0.1, 0.15) is 11.9 Å². The van der Waals surface area contributed by atoms with E-state index in [2.05, 4.69) is 4.98 Å². The van der Waals surface area contributed by atoms with Gasteiger partial charge in [0, 0.05) is 12.7 Å². The zero-order valence-electron chi connectivity index (χ0n) is 9.99. The second kappa shape index (κ2) is 5.46. The third-order valence-electron chi connectivity index (χ3n) is 2.35. The van der Waals surface area contributed by atoms with Crippen LogP contribution in [-0.4, -0.2) is 46.8 Å². The van der Waals surface area contributed by atoms with Crippen molar-refractivity contribution < 1.29 is 23.4 Å². The van der Waals surface area contributed by atoms with Crippen LogP contribution in [0.1, 0.15) is 12.7 Å². The van der Waals surface area contributed by atoms with Gasteiger partial charge in [0.05, 0.1) is 6.61 Å². The molecule has 0 fully saturated rings. The molecule has 1 heterocycles. The van der Waals surface area contributed by atoms with Gasteiger partial charge in [0.15, 0.2) is 5.03 Å². The number of nitrogens with zero attached hydrogens (tertiary/aromatic N) is 2. The maximum absolute atomic E-state index is 11.8. The number of imidazole rings is 1. The molecule has 8 nitrogen and oxygen atoms in total. The predicted molar refractivity (Wildman–Crippen MR) is 61.5 cm³/mol. The second-order valence-electron chi connectivity index (χ2n) is 3.61. The average molecular weight is 277 g/mol. The Morgan fingerprint density at radius 3 is 2.61 bits per heavy atom. The molecule has 0 aliphatic heterocycles. The maximum Gasteiger partial charge on any atom is 0.324 e. The molecule has 0 saturated carbocycles. The molecule has 9 heteroatoms. The monoisotopic (exact) mass is 277 g/mol. The summed E-state index contributed by atoms with van der Waals surface area (Å²) in [4.78, 5) is 14.5. The molecule has 3 N–H and O–H groups in total. The van der Waals surface area contributed by atoms with E-state index in [9.17, 15) is 13.2 Å². The second-order valence-corrected chi connectivity index (χ2v) is 5.27. The number of carboxylic acid groups (broad SMARTS) is 1. The first-order valence-corrected chi connectivity index (χ1v) is 6.70. The molecule has 1 atom stereocenters. The number of carbonyl (C=O) groups is 1. The summed E-state index contributed by atoms with van der Waals surface area (Å²) in [5.41, 5.74) is 0. The highest BCUT2D eigenvalue weighted by Crippen LogP contribution is 2.09. The quantitative estimate of drug-likeness (QED) is 0.609. The Kier molecular flexibility index (Phi) is 4.43. The summed E-state index contributed by atoms with van der Waals surface area (Å²) < 4.78 is 27.1. The lowest BCUT2D eigenvalue weighted by atomic mass is 10.3. The van der Waals surface area contributed by atoms with Crippen molar-refractivity contribution >= 4 is 16.0 Å². The standard InChI is InChI=1S/C9H15N3O5S/c1-3-12-4-8(10-6(12)2)18(16,17)11-7(5-13)9(14)15/h4,7,11,13H,3,5H2,1-2H3,(H,14,15)/t7-/m0/s1. The van der Waals surface area contributed by atoms with Gasteiger partial charge in [-0.05, 0) is 13.8 Å². The zero-order chi connectivity index (χ0) is 13.9. The Labute approximate surface area is 104 Å². The molecule has 0 aliphatic rings. The summed E-state index contributed by atoms with van der Waals surface area (Å²) in [5.74, 6) is -0.943. The van der Waals surface area contributed by atoms with Crippen LogP contribution in [0.4, 0.5) is 0 Å². The largest absolute Gasteiger partial charge is 0.480 e. The van der Waals surface area contributed by atoms with Crippen LogP contribution in [0, 0.1) is 6.92 Å². The molecule has 0 aromatic carbocycles. The third-order valence-corrected chi connectivity index (χ3v) is 3.69. The van der Waals surface area contributed by atoms with Crippen LogP contribution < -0.4 is 4.72 Å². The van der Waals surface area contributed by atoms with Crippen LogP contribution in [-0.2, 0) is 21.4 Å². The van der Waals surface area contributed by atoms with E-state index in [1.54, 1.807) is 11.5 Å². The highest BCUT2D eigenvalue weighted by atomic mass is 32.2. The molecule has 0 spiro atoms. The van der Waals surface area contributed by atoms with Crippen LogP contribution >= 0.6 is 0 Å². The van der Waals surface area contributed by atoms with E-state index >= 15 is 0 Å². The number of aliphatic carboxylic acids is 1. The number of aliphatic hydroxyl groups is 1. The summed E-state index contributed by atoms with van der Waals surface area (Å²) in [6, 6.07) is -1.58. The molecule has 0 saturated heterocycles. The Morgan fingerprint density at radius 1 is 1.61 bits per heavy atom. The Balaban J connectivity index is 3.02. The molecule has 18 heavy (non-hydrogen) atoms. The van der Waals surface area contributed by atoms with Gasteiger partial charge in [-0.3, -0.25) is 4.79 Å². The minimum absolute atomic E-state index is 0.262. The molecule has 0 radical (unpaired) electrons. The van der Waals surface area contributed by atoms with Gasteiger partial charge in [-0.25, -0.2) is 13.4 Å². The number of nitrogens with one attached hydrogen (secondary N) is 1. The van der Waals surface area contributed by atoms with Crippen molar-refractivity contribution in [2.75, 3.05) is 6.61 Å². The van der Waals surface area contributed by atoms with Gasteiger partial charge in [0.2, 0.25) is 0 Å². The smallest absolute Gasteiger partial charge is 0.324 e. The number of sulfonamides is 1. The van der Waals surface area contributed by atoms with E-state index in [1.807, 2.05) is 11.6 Å². The Morgan fingerprint density at radius 2 is 2.22 bits per heavy atom. The molecule has 0 bridgehead atoms. The molecule has 0 amide bonds. The van der Waals surface area contributed by atoms with E-state index in [0.29, 0.717) is 12.4 Å². The normalized spacial score (nSPS) is 13.5. The first kappa shape index (κ1) is 14.6. The highest BCUT2D eigenvalue weighted by Gasteiger charge is 2.26. The molecule has 102 valence electrons. The fourth-order valence-corrected chi connectivity index (χ4v) is 2.53. The number of aryl methyl sites for hydroxylation is 2. The third kappa shape index (κ3) is 3.06. The van der Waals surface area contributed by atoms with E-state index < -0.39 is 28.6 Å². The van der Waals surface area contributed by atoms with Gasteiger partial charge in [0.25, 0.3) is 10.0 Å². The van der Waals surface area contributed by atoms with E-state index in [4.69, 9.17) is 10.2 Å². The van der Waals surface area contributed by atoms with Crippen LogP contribution in [0.2, 0.25) is 0 Å². The molecular formula is C9H15N3O5S.